The van der Waals surface area contributed by atoms with Crippen molar-refractivity contribution >= 4 is 23.4 Å². The molecule has 32 heavy (non-hydrogen) atoms. The number of hydrogen-bond acceptors (Lipinski definition) is 5. The Kier molecular flexibility index (Phi) is 4.92. The van der Waals surface area contributed by atoms with E-state index < -0.39 is 0 Å². The zero-order valence-corrected chi connectivity index (χ0v) is 18.5. The van der Waals surface area contributed by atoms with Crippen molar-refractivity contribution in [2.45, 2.75) is 44.1 Å². The van der Waals surface area contributed by atoms with Crippen molar-refractivity contribution in [2.24, 2.45) is 17.8 Å². The summed E-state index contributed by atoms with van der Waals surface area (Å²) >= 11 is 0. The Balaban J connectivity index is 1.07. The molecule has 1 saturated heterocycles. The molecular formula is C25H32N6O. The average Bonchev–Trinajstić information content (AvgIpc) is 2.78. The van der Waals surface area contributed by atoms with Gasteiger partial charge in [0.05, 0.1) is 0 Å². The van der Waals surface area contributed by atoms with Crippen LogP contribution >= 0.6 is 0 Å². The number of benzene rings is 1. The van der Waals surface area contributed by atoms with Gasteiger partial charge in [-0.3, -0.25) is 5.32 Å². The van der Waals surface area contributed by atoms with E-state index in [4.69, 9.17) is 0 Å². The molecule has 4 aliphatic carbocycles. The van der Waals surface area contributed by atoms with Crippen LogP contribution in [-0.4, -0.2) is 47.7 Å². The lowest BCUT2D eigenvalue weighted by molar-refractivity contribution is -0.0127. The van der Waals surface area contributed by atoms with Crippen molar-refractivity contribution in [2.75, 3.05) is 41.3 Å². The number of urea groups is 1. The van der Waals surface area contributed by atoms with Crippen molar-refractivity contribution in [3.8, 4) is 0 Å². The van der Waals surface area contributed by atoms with Gasteiger partial charge >= 0.3 is 6.03 Å². The largest absolute Gasteiger partial charge is 0.368 e. The predicted octanol–water partition coefficient (Wildman–Crippen LogP) is 3.89. The molecule has 0 spiro atoms. The smallest absolute Gasteiger partial charge is 0.320 e. The summed E-state index contributed by atoms with van der Waals surface area (Å²) in [6, 6.07) is 12.3. The predicted molar refractivity (Wildman–Crippen MR) is 126 cm³/mol. The first-order chi connectivity index (χ1) is 15.6. The fraction of sp³-hybridized carbons (Fsp3) is 0.560. The van der Waals surface area contributed by atoms with Gasteiger partial charge in [0.1, 0.15) is 18.0 Å². The fourth-order valence-corrected chi connectivity index (χ4v) is 7.07. The fourth-order valence-electron chi connectivity index (χ4n) is 7.07. The monoisotopic (exact) mass is 432 g/mol. The summed E-state index contributed by atoms with van der Waals surface area (Å²) in [6.07, 6.45) is 9.10. The minimum Gasteiger partial charge on any atom is -0.368 e. The first kappa shape index (κ1) is 19.8. The van der Waals surface area contributed by atoms with Crippen LogP contribution < -0.4 is 20.4 Å². The van der Waals surface area contributed by atoms with Gasteiger partial charge in [-0.15, -0.1) is 0 Å². The normalized spacial score (nSPS) is 30.9. The highest BCUT2D eigenvalue weighted by atomic mass is 16.2. The number of rotatable bonds is 4. The van der Waals surface area contributed by atoms with Crippen molar-refractivity contribution in [3.05, 3.63) is 42.7 Å². The van der Waals surface area contributed by atoms with Crippen LogP contribution in [0.15, 0.2) is 42.7 Å². The summed E-state index contributed by atoms with van der Waals surface area (Å²) in [7, 11) is 0. The van der Waals surface area contributed by atoms with Gasteiger partial charge in [-0.25, -0.2) is 14.8 Å². The molecule has 7 heteroatoms. The number of hydrogen-bond donors (Lipinski definition) is 2. The maximum Gasteiger partial charge on any atom is 0.320 e. The molecule has 7 nitrogen and oxygen atoms in total. The molecule has 5 fully saturated rings. The standard InChI is InChI=1S/C25H32N6O/c32-24(29-25-14-18-10-19(15-25)12-20(11-18)16-25)28-22-13-23(27-17-26-22)31-8-6-30(7-9-31)21-4-2-1-3-5-21/h1-5,13,17-20H,6-12,14-16H2,(H2,26,27,28,29,32). The minimum atomic E-state index is -0.120. The summed E-state index contributed by atoms with van der Waals surface area (Å²) in [5.41, 5.74) is 1.26. The molecule has 1 aromatic heterocycles. The molecule has 0 atom stereocenters. The summed E-state index contributed by atoms with van der Waals surface area (Å²) in [5, 5.41) is 6.36. The number of anilines is 3. The number of amides is 2. The zero-order valence-electron chi connectivity index (χ0n) is 18.5. The van der Waals surface area contributed by atoms with Crippen LogP contribution in [0.3, 0.4) is 0 Å². The molecular weight excluding hydrogens is 400 g/mol. The third-order valence-corrected chi connectivity index (χ3v) is 8.04. The highest BCUT2D eigenvalue weighted by Crippen LogP contribution is 2.55. The summed E-state index contributed by atoms with van der Waals surface area (Å²) in [6.45, 7) is 3.68. The molecule has 2 heterocycles. The minimum absolute atomic E-state index is 0.00244. The van der Waals surface area contributed by atoms with E-state index in [1.165, 1.54) is 24.9 Å². The Hall–Kier alpha value is -2.83. The zero-order chi connectivity index (χ0) is 21.5. The van der Waals surface area contributed by atoms with E-state index in [0.29, 0.717) is 5.82 Å². The number of piperazine rings is 1. The quantitative estimate of drug-likeness (QED) is 0.767. The van der Waals surface area contributed by atoms with Crippen molar-refractivity contribution in [1.82, 2.24) is 15.3 Å². The van der Waals surface area contributed by atoms with E-state index >= 15 is 0 Å². The van der Waals surface area contributed by atoms with Crippen LogP contribution in [0.1, 0.15) is 38.5 Å². The van der Waals surface area contributed by atoms with E-state index in [1.54, 1.807) is 6.33 Å². The van der Waals surface area contributed by atoms with Gasteiger partial charge in [-0.1, -0.05) is 18.2 Å². The Labute approximate surface area is 189 Å². The lowest BCUT2D eigenvalue weighted by atomic mass is 9.53. The molecule has 1 aliphatic heterocycles. The van der Waals surface area contributed by atoms with Gasteiger partial charge in [0.25, 0.3) is 0 Å². The Morgan fingerprint density at radius 3 is 2.16 bits per heavy atom. The van der Waals surface area contributed by atoms with Crippen LogP contribution in [0.2, 0.25) is 0 Å². The number of carbonyl (C=O) groups excluding carboxylic acids is 1. The molecule has 168 valence electrons. The molecule has 1 aromatic carbocycles. The van der Waals surface area contributed by atoms with E-state index in [9.17, 15) is 4.79 Å². The molecule has 0 unspecified atom stereocenters. The molecule has 4 saturated carbocycles. The summed E-state index contributed by atoms with van der Waals surface area (Å²) in [4.78, 5) is 26.3. The Morgan fingerprint density at radius 2 is 1.50 bits per heavy atom. The first-order valence-corrected chi connectivity index (χ1v) is 12.1. The van der Waals surface area contributed by atoms with E-state index in [2.05, 4.69) is 60.7 Å². The number of aromatic nitrogens is 2. The third kappa shape index (κ3) is 3.89. The second kappa shape index (κ2) is 7.94. The molecule has 2 aromatic rings. The summed E-state index contributed by atoms with van der Waals surface area (Å²) < 4.78 is 0. The lowest BCUT2D eigenvalue weighted by Gasteiger charge is -2.56. The van der Waals surface area contributed by atoms with Crippen LogP contribution in [0, 0.1) is 17.8 Å². The number of nitrogens with one attached hydrogen (secondary N) is 2. The van der Waals surface area contributed by atoms with E-state index in [-0.39, 0.29) is 11.6 Å². The lowest BCUT2D eigenvalue weighted by Crippen LogP contribution is -2.60. The van der Waals surface area contributed by atoms with E-state index in [1.807, 2.05) is 6.07 Å². The van der Waals surface area contributed by atoms with Gasteiger partial charge in [0.2, 0.25) is 0 Å². The number of nitrogens with zero attached hydrogens (tertiary/aromatic N) is 4. The van der Waals surface area contributed by atoms with Gasteiger partial charge in [0, 0.05) is 43.5 Å². The van der Waals surface area contributed by atoms with Crippen LogP contribution in [0.4, 0.5) is 22.1 Å². The summed E-state index contributed by atoms with van der Waals surface area (Å²) in [5.74, 6) is 3.87. The topological polar surface area (TPSA) is 73.4 Å². The number of carbonyl (C=O) groups is 1. The van der Waals surface area contributed by atoms with Gasteiger partial charge in [-0.05, 0) is 68.4 Å². The second-order valence-electron chi connectivity index (χ2n) is 10.3. The molecule has 0 radical (unpaired) electrons. The Morgan fingerprint density at radius 1 is 0.875 bits per heavy atom. The second-order valence-corrected chi connectivity index (χ2v) is 10.3. The highest BCUT2D eigenvalue weighted by Gasteiger charge is 2.51. The van der Waals surface area contributed by atoms with Crippen LogP contribution in [0.5, 0.6) is 0 Å². The van der Waals surface area contributed by atoms with Gasteiger partial charge < -0.3 is 15.1 Å². The van der Waals surface area contributed by atoms with Gasteiger partial charge in [-0.2, -0.15) is 0 Å². The van der Waals surface area contributed by atoms with E-state index in [0.717, 1.165) is 69.0 Å². The first-order valence-electron chi connectivity index (χ1n) is 12.1. The third-order valence-electron chi connectivity index (χ3n) is 8.04. The SMILES string of the molecule is O=C(Nc1cc(N2CCN(c3ccccc3)CC2)ncn1)NC12CC3CC(CC(C3)C1)C2. The Bertz CT molecular complexity index is 936. The van der Waals surface area contributed by atoms with Crippen molar-refractivity contribution in [3.63, 3.8) is 0 Å². The molecule has 2 amide bonds. The van der Waals surface area contributed by atoms with Crippen molar-refractivity contribution < 1.29 is 4.79 Å². The highest BCUT2D eigenvalue weighted by molar-refractivity contribution is 5.89. The molecule has 2 N–H and O–H groups in total. The maximum absolute atomic E-state index is 12.9. The maximum atomic E-state index is 12.9. The van der Waals surface area contributed by atoms with Crippen LogP contribution in [0.25, 0.3) is 0 Å². The molecule has 7 rings (SSSR count). The molecule has 4 bridgehead atoms. The van der Waals surface area contributed by atoms with Crippen LogP contribution in [-0.2, 0) is 0 Å². The average molecular weight is 433 g/mol. The van der Waals surface area contributed by atoms with Crippen molar-refractivity contribution in [1.29, 1.82) is 0 Å². The van der Waals surface area contributed by atoms with Gasteiger partial charge in [0.15, 0.2) is 0 Å². The number of para-hydroxylation sites is 1. The molecule has 5 aliphatic rings.